The highest BCUT2D eigenvalue weighted by atomic mass is 35.5. The van der Waals surface area contributed by atoms with Gasteiger partial charge in [-0.25, -0.2) is 0 Å². The second kappa shape index (κ2) is 6.21. The molecule has 0 aromatic heterocycles. The Balaban J connectivity index is 1.82. The number of carbonyl (C=O) groups is 2. The van der Waals surface area contributed by atoms with E-state index < -0.39 is 17.1 Å². The van der Waals surface area contributed by atoms with E-state index in [2.05, 4.69) is 5.32 Å². The van der Waals surface area contributed by atoms with Crippen molar-refractivity contribution < 1.29 is 19.1 Å². The highest BCUT2D eigenvalue weighted by molar-refractivity contribution is 6.42. The van der Waals surface area contributed by atoms with Gasteiger partial charge in [-0.05, 0) is 32.0 Å². The van der Waals surface area contributed by atoms with Crippen LogP contribution in [0.5, 0.6) is 0 Å². The van der Waals surface area contributed by atoms with Gasteiger partial charge < -0.3 is 14.8 Å². The molecule has 5 nitrogen and oxygen atoms in total. The SMILES string of the molecule is CC1(C)C[C@@]2(CCO1)OC(=O)C[C@H]2C(=O)Nc1ccc(Cl)c(Cl)c1. The second-order valence-corrected chi connectivity index (χ2v) is 7.76. The van der Waals surface area contributed by atoms with Crippen molar-refractivity contribution in [1.29, 1.82) is 0 Å². The largest absolute Gasteiger partial charge is 0.458 e. The van der Waals surface area contributed by atoms with E-state index in [1.165, 1.54) is 0 Å². The summed E-state index contributed by atoms with van der Waals surface area (Å²) < 4.78 is 11.3. The molecule has 1 aromatic rings. The number of amides is 1. The molecule has 130 valence electrons. The molecule has 1 N–H and O–H groups in total. The smallest absolute Gasteiger partial charge is 0.307 e. The molecule has 2 saturated heterocycles. The molecule has 0 bridgehead atoms. The van der Waals surface area contributed by atoms with Gasteiger partial charge in [0.1, 0.15) is 5.60 Å². The fourth-order valence-electron chi connectivity index (χ4n) is 3.57. The van der Waals surface area contributed by atoms with Crippen LogP contribution in [-0.4, -0.2) is 29.7 Å². The molecule has 2 heterocycles. The minimum atomic E-state index is -0.806. The highest BCUT2D eigenvalue weighted by Crippen LogP contribution is 2.46. The molecule has 2 aliphatic heterocycles. The Hall–Kier alpha value is -1.30. The van der Waals surface area contributed by atoms with Gasteiger partial charge in [-0.2, -0.15) is 0 Å². The fraction of sp³-hybridized carbons (Fsp3) is 0.529. The first-order valence-electron chi connectivity index (χ1n) is 7.83. The Kier molecular flexibility index (Phi) is 4.53. The lowest BCUT2D eigenvalue weighted by molar-refractivity contribution is -0.178. The maximum Gasteiger partial charge on any atom is 0.307 e. The molecule has 2 aliphatic rings. The van der Waals surface area contributed by atoms with Gasteiger partial charge in [0.2, 0.25) is 5.91 Å². The predicted molar refractivity (Wildman–Crippen MR) is 91.3 cm³/mol. The van der Waals surface area contributed by atoms with Crippen LogP contribution in [0.1, 0.15) is 33.1 Å². The van der Waals surface area contributed by atoms with Crippen LogP contribution in [0.15, 0.2) is 18.2 Å². The third kappa shape index (κ3) is 3.39. The summed E-state index contributed by atoms with van der Waals surface area (Å²) >= 11 is 11.9. The minimum absolute atomic E-state index is 0.0727. The minimum Gasteiger partial charge on any atom is -0.458 e. The molecule has 2 fully saturated rings. The zero-order valence-electron chi connectivity index (χ0n) is 13.5. The third-order valence-corrected chi connectivity index (χ3v) is 5.31. The number of hydrogen-bond acceptors (Lipinski definition) is 4. The summed E-state index contributed by atoms with van der Waals surface area (Å²) in [5, 5.41) is 3.59. The molecule has 0 aliphatic carbocycles. The molecule has 1 spiro atoms. The Morgan fingerprint density at radius 3 is 2.71 bits per heavy atom. The molecule has 24 heavy (non-hydrogen) atoms. The molecule has 3 rings (SSSR count). The van der Waals surface area contributed by atoms with E-state index in [4.69, 9.17) is 32.7 Å². The van der Waals surface area contributed by atoms with Crippen LogP contribution in [-0.2, 0) is 19.1 Å². The molecule has 1 amide bonds. The van der Waals surface area contributed by atoms with Gasteiger partial charge in [0.25, 0.3) is 0 Å². The number of hydrogen-bond donors (Lipinski definition) is 1. The van der Waals surface area contributed by atoms with E-state index in [1.807, 2.05) is 13.8 Å². The molecule has 0 unspecified atom stereocenters. The number of esters is 1. The van der Waals surface area contributed by atoms with Crippen LogP contribution in [0, 0.1) is 5.92 Å². The molecule has 2 atom stereocenters. The van der Waals surface area contributed by atoms with Crippen molar-refractivity contribution in [2.45, 2.75) is 44.3 Å². The molecule has 0 radical (unpaired) electrons. The quantitative estimate of drug-likeness (QED) is 0.802. The molecular formula is C17H19Cl2NO4. The van der Waals surface area contributed by atoms with E-state index in [9.17, 15) is 9.59 Å². The summed E-state index contributed by atoms with van der Waals surface area (Å²) in [4.78, 5) is 24.7. The lowest BCUT2D eigenvalue weighted by atomic mass is 9.75. The third-order valence-electron chi connectivity index (χ3n) is 4.57. The van der Waals surface area contributed by atoms with Crippen molar-refractivity contribution in [2.24, 2.45) is 5.92 Å². The fourth-order valence-corrected chi connectivity index (χ4v) is 3.87. The summed E-state index contributed by atoms with van der Waals surface area (Å²) in [5.74, 6) is -1.15. The zero-order chi connectivity index (χ0) is 17.5. The van der Waals surface area contributed by atoms with Crippen LogP contribution in [0.25, 0.3) is 0 Å². The number of carbonyl (C=O) groups excluding carboxylic acids is 2. The van der Waals surface area contributed by atoms with E-state index in [-0.39, 0.29) is 18.3 Å². The number of rotatable bonds is 2. The van der Waals surface area contributed by atoms with Gasteiger partial charge in [-0.1, -0.05) is 23.2 Å². The summed E-state index contributed by atoms with van der Waals surface area (Å²) in [6, 6.07) is 4.87. The zero-order valence-corrected chi connectivity index (χ0v) is 15.0. The van der Waals surface area contributed by atoms with Gasteiger partial charge in [0.05, 0.1) is 34.6 Å². The molecular weight excluding hydrogens is 353 g/mol. The van der Waals surface area contributed by atoms with Gasteiger partial charge in [-0.15, -0.1) is 0 Å². The normalized spacial score (nSPS) is 28.7. The monoisotopic (exact) mass is 371 g/mol. The van der Waals surface area contributed by atoms with Crippen LogP contribution >= 0.6 is 23.2 Å². The lowest BCUT2D eigenvalue weighted by Crippen LogP contribution is -2.52. The first kappa shape index (κ1) is 17.5. The number of nitrogens with one attached hydrogen (secondary N) is 1. The summed E-state index contributed by atoms with van der Waals surface area (Å²) in [6.07, 6.45) is 1.08. The lowest BCUT2D eigenvalue weighted by Gasteiger charge is -2.43. The van der Waals surface area contributed by atoms with Crippen molar-refractivity contribution in [3.8, 4) is 0 Å². The van der Waals surface area contributed by atoms with Gasteiger partial charge >= 0.3 is 5.97 Å². The maximum absolute atomic E-state index is 12.8. The topological polar surface area (TPSA) is 64.6 Å². The van der Waals surface area contributed by atoms with E-state index in [0.717, 1.165) is 0 Å². The highest BCUT2D eigenvalue weighted by Gasteiger charge is 2.56. The van der Waals surface area contributed by atoms with Gasteiger partial charge in [0.15, 0.2) is 0 Å². The summed E-state index contributed by atoms with van der Waals surface area (Å²) in [5.41, 5.74) is -0.709. The van der Waals surface area contributed by atoms with E-state index in [1.54, 1.807) is 18.2 Å². The van der Waals surface area contributed by atoms with Crippen LogP contribution < -0.4 is 5.32 Å². The van der Waals surface area contributed by atoms with Crippen molar-refractivity contribution in [3.63, 3.8) is 0 Å². The Morgan fingerprint density at radius 2 is 2.04 bits per heavy atom. The van der Waals surface area contributed by atoms with Gasteiger partial charge in [0, 0.05) is 18.5 Å². The van der Waals surface area contributed by atoms with Crippen LogP contribution in [0.2, 0.25) is 10.0 Å². The number of anilines is 1. The predicted octanol–water partition coefficient (Wildman–Crippen LogP) is 3.82. The summed E-state index contributed by atoms with van der Waals surface area (Å²) in [6.45, 7) is 4.33. The van der Waals surface area contributed by atoms with Crippen molar-refractivity contribution in [1.82, 2.24) is 0 Å². The molecule has 0 saturated carbocycles. The first-order chi connectivity index (χ1) is 11.2. The van der Waals surface area contributed by atoms with Crippen molar-refractivity contribution in [2.75, 3.05) is 11.9 Å². The summed E-state index contributed by atoms with van der Waals surface area (Å²) in [7, 11) is 0. The van der Waals surface area contributed by atoms with Crippen LogP contribution in [0.4, 0.5) is 5.69 Å². The maximum atomic E-state index is 12.8. The average Bonchev–Trinajstić information content (AvgIpc) is 2.77. The Labute approximate surface area is 150 Å². The number of benzene rings is 1. The van der Waals surface area contributed by atoms with Gasteiger partial charge in [-0.3, -0.25) is 9.59 Å². The van der Waals surface area contributed by atoms with E-state index in [0.29, 0.717) is 35.2 Å². The van der Waals surface area contributed by atoms with E-state index >= 15 is 0 Å². The number of halogens is 2. The standard InChI is InChI=1S/C17H19Cl2NO4/c1-16(2)9-17(5-6-23-16)11(8-14(21)24-17)15(22)20-10-3-4-12(18)13(19)7-10/h3-4,7,11H,5-6,8-9H2,1-2H3,(H,20,22)/t11-,17+/m0/s1. The number of ether oxygens (including phenoxy) is 2. The molecule has 7 heteroatoms. The average molecular weight is 372 g/mol. The van der Waals surface area contributed by atoms with Crippen molar-refractivity contribution in [3.05, 3.63) is 28.2 Å². The Bertz CT molecular complexity index is 691. The first-order valence-corrected chi connectivity index (χ1v) is 8.58. The second-order valence-electron chi connectivity index (χ2n) is 6.95. The van der Waals surface area contributed by atoms with Crippen molar-refractivity contribution >= 4 is 40.8 Å². The molecule has 1 aromatic carbocycles. The van der Waals surface area contributed by atoms with Crippen LogP contribution in [0.3, 0.4) is 0 Å². The Morgan fingerprint density at radius 1 is 1.29 bits per heavy atom.